The predicted octanol–water partition coefficient (Wildman–Crippen LogP) is 2.10. The molecule has 4 rings (SSSR count). The third-order valence-corrected chi connectivity index (χ3v) is 6.50. The molecule has 1 saturated carbocycles. The molecule has 0 aromatic carbocycles. The van der Waals surface area contributed by atoms with E-state index in [9.17, 15) is 4.79 Å². The van der Waals surface area contributed by atoms with Gasteiger partial charge in [-0.3, -0.25) is 9.69 Å². The first kappa shape index (κ1) is 18.9. The van der Waals surface area contributed by atoms with E-state index in [2.05, 4.69) is 31.9 Å². The molecular weight excluding hydrogens is 342 g/mol. The maximum atomic E-state index is 12.4. The molecular formula is C20H33N5O2. The highest BCUT2D eigenvalue weighted by molar-refractivity contribution is 5.77. The molecule has 1 amide bonds. The van der Waals surface area contributed by atoms with Crippen LogP contribution in [0.1, 0.15) is 62.6 Å². The highest BCUT2D eigenvalue weighted by Crippen LogP contribution is 2.30. The molecule has 1 unspecified atom stereocenters. The largest absolute Gasteiger partial charge is 0.342 e. The number of hydrogen-bond donors (Lipinski definition) is 0. The number of amides is 1. The number of hydrogen-bond acceptors (Lipinski definition) is 6. The van der Waals surface area contributed by atoms with E-state index >= 15 is 0 Å². The standard InChI is InChI=1S/C20H33N5O2/c1-23-9-11-24(12-10-23)15-18-21-20(27-22-18)17-7-8-19(26)25(14-17)13-16-5-3-2-4-6-16/h16-17H,2-15H2,1H3. The summed E-state index contributed by atoms with van der Waals surface area (Å²) in [5, 5.41) is 4.22. The summed E-state index contributed by atoms with van der Waals surface area (Å²) in [4.78, 5) is 23.9. The molecule has 1 aromatic rings. The molecule has 3 aliphatic rings. The van der Waals surface area contributed by atoms with Gasteiger partial charge in [0.2, 0.25) is 11.8 Å². The Morgan fingerprint density at radius 2 is 1.85 bits per heavy atom. The van der Waals surface area contributed by atoms with E-state index in [0.717, 1.165) is 63.9 Å². The van der Waals surface area contributed by atoms with Gasteiger partial charge in [-0.2, -0.15) is 4.98 Å². The molecule has 1 aromatic heterocycles. The van der Waals surface area contributed by atoms with Crippen LogP contribution < -0.4 is 0 Å². The monoisotopic (exact) mass is 375 g/mol. The molecule has 1 atom stereocenters. The molecule has 7 heteroatoms. The average molecular weight is 376 g/mol. The van der Waals surface area contributed by atoms with Crippen molar-refractivity contribution in [1.82, 2.24) is 24.8 Å². The third-order valence-electron chi connectivity index (χ3n) is 6.50. The van der Waals surface area contributed by atoms with Crippen LogP contribution in [0, 0.1) is 5.92 Å². The topological polar surface area (TPSA) is 65.7 Å². The van der Waals surface area contributed by atoms with Gasteiger partial charge in [-0.05, 0) is 32.2 Å². The highest BCUT2D eigenvalue weighted by atomic mass is 16.5. The fourth-order valence-electron chi connectivity index (χ4n) is 4.68. The number of carbonyl (C=O) groups is 1. The Bertz CT molecular complexity index is 620. The number of piperidine rings is 1. The van der Waals surface area contributed by atoms with Crippen LogP contribution in [0.3, 0.4) is 0 Å². The van der Waals surface area contributed by atoms with Crippen LogP contribution in [-0.4, -0.2) is 77.1 Å². The second-order valence-electron chi connectivity index (χ2n) is 8.67. The Labute approximate surface area is 162 Å². The van der Waals surface area contributed by atoms with Crippen molar-refractivity contribution in [3.8, 4) is 0 Å². The van der Waals surface area contributed by atoms with Gasteiger partial charge in [-0.15, -0.1) is 0 Å². The summed E-state index contributed by atoms with van der Waals surface area (Å²) in [6.07, 6.45) is 7.95. The van der Waals surface area contributed by atoms with Gasteiger partial charge in [0, 0.05) is 45.7 Å². The molecule has 2 aliphatic heterocycles. The normalized spacial score (nSPS) is 26.6. The maximum Gasteiger partial charge on any atom is 0.231 e. The molecule has 3 fully saturated rings. The van der Waals surface area contributed by atoms with Gasteiger partial charge in [-0.25, -0.2) is 0 Å². The molecule has 150 valence electrons. The third kappa shape index (κ3) is 4.88. The molecule has 2 saturated heterocycles. The van der Waals surface area contributed by atoms with E-state index in [-0.39, 0.29) is 5.92 Å². The van der Waals surface area contributed by atoms with Crippen LogP contribution in [0.15, 0.2) is 4.52 Å². The van der Waals surface area contributed by atoms with Crippen LogP contribution in [0.5, 0.6) is 0 Å². The maximum absolute atomic E-state index is 12.4. The number of piperazine rings is 1. The molecule has 0 radical (unpaired) electrons. The minimum atomic E-state index is 0.194. The zero-order chi connectivity index (χ0) is 18.6. The van der Waals surface area contributed by atoms with E-state index in [0.29, 0.717) is 18.2 Å². The van der Waals surface area contributed by atoms with E-state index < -0.39 is 0 Å². The lowest BCUT2D eigenvalue weighted by Gasteiger charge is -2.34. The summed E-state index contributed by atoms with van der Waals surface area (Å²) in [5.41, 5.74) is 0. The summed E-state index contributed by atoms with van der Waals surface area (Å²) in [6, 6.07) is 0. The van der Waals surface area contributed by atoms with E-state index in [1.54, 1.807) is 0 Å². The quantitative estimate of drug-likeness (QED) is 0.785. The number of aromatic nitrogens is 2. The number of rotatable bonds is 5. The van der Waals surface area contributed by atoms with Crippen molar-refractivity contribution in [2.75, 3.05) is 46.3 Å². The number of likely N-dealkylation sites (N-methyl/N-ethyl adjacent to an activating group) is 1. The van der Waals surface area contributed by atoms with Gasteiger partial charge in [0.1, 0.15) is 0 Å². The fourth-order valence-corrected chi connectivity index (χ4v) is 4.68. The van der Waals surface area contributed by atoms with Gasteiger partial charge in [0.15, 0.2) is 5.82 Å². The van der Waals surface area contributed by atoms with Crippen molar-refractivity contribution in [1.29, 1.82) is 0 Å². The van der Waals surface area contributed by atoms with Crippen molar-refractivity contribution < 1.29 is 9.32 Å². The lowest BCUT2D eigenvalue weighted by molar-refractivity contribution is -0.134. The number of nitrogens with zero attached hydrogens (tertiary/aromatic N) is 5. The van der Waals surface area contributed by atoms with E-state index in [1.165, 1.54) is 32.1 Å². The van der Waals surface area contributed by atoms with Gasteiger partial charge >= 0.3 is 0 Å². The second-order valence-corrected chi connectivity index (χ2v) is 8.67. The zero-order valence-electron chi connectivity index (χ0n) is 16.6. The summed E-state index contributed by atoms with van der Waals surface area (Å²) < 4.78 is 5.60. The summed E-state index contributed by atoms with van der Waals surface area (Å²) in [6.45, 7) is 6.69. The first-order valence-electron chi connectivity index (χ1n) is 10.7. The van der Waals surface area contributed by atoms with Gasteiger partial charge < -0.3 is 14.3 Å². The Morgan fingerprint density at radius 1 is 1.07 bits per heavy atom. The van der Waals surface area contributed by atoms with Crippen molar-refractivity contribution in [3.63, 3.8) is 0 Å². The summed E-state index contributed by atoms with van der Waals surface area (Å²) in [7, 11) is 2.16. The Kier molecular flexibility index (Phi) is 6.08. The first-order valence-corrected chi connectivity index (χ1v) is 10.7. The Hall–Kier alpha value is -1.47. The predicted molar refractivity (Wildman–Crippen MR) is 102 cm³/mol. The number of likely N-dealkylation sites (tertiary alicyclic amines) is 1. The summed E-state index contributed by atoms with van der Waals surface area (Å²) >= 11 is 0. The minimum Gasteiger partial charge on any atom is -0.342 e. The van der Waals surface area contributed by atoms with E-state index in [4.69, 9.17) is 4.52 Å². The Morgan fingerprint density at radius 3 is 2.63 bits per heavy atom. The molecule has 0 bridgehead atoms. The van der Waals surface area contributed by atoms with E-state index in [1.807, 2.05) is 0 Å². The zero-order valence-corrected chi connectivity index (χ0v) is 16.6. The molecule has 1 aliphatic carbocycles. The van der Waals surface area contributed by atoms with Gasteiger partial charge in [0.05, 0.1) is 12.5 Å². The van der Waals surface area contributed by atoms with Crippen molar-refractivity contribution >= 4 is 5.91 Å². The van der Waals surface area contributed by atoms with Crippen molar-refractivity contribution in [2.45, 2.75) is 57.4 Å². The van der Waals surface area contributed by atoms with Crippen LogP contribution in [0.4, 0.5) is 0 Å². The second kappa shape index (κ2) is 8.69. The fraction of sp³-hybridized carbons (Fsp3) is 0.850. The van der Waals surface area contributed by atoms with Crippen LogP contribution in [0.2, 0.25) is 0 Å². The molecule has 0 N–H and O–H groups in total. The average Bonchev–Trinajstić information content (AvgIpc) is 3.15. The van der Waals surface area contributed by atoms with Gasteiger partial charge in [-0.1, -0.05) is 24.4 Å². The summed E-state index contributed by atoms with van der Waals surface area (Å²) in [5.74, 6) is 2.68. The lowest BCUT2D eigenvalue weighted by Crippen LogP contribution is -2.44. The Balaban J connectivity index is 1.32. The first-order chi connectivity index (χ1) is 13.2. The number of carbonyl (C=O) groups excluding carboxylic acids is 1. The smallest absolute Gasteiger partial charge is 0.231 e. The van der Waals surface area contributed by atoms with Crippen molar-refractivity contribution in [3.05, 3.63) is 11.7 Å². The van der Waals surface area contributed by atoms with Gasteiger partial charge in [0.25, 0.3) is 0 Å². The van der Waals surface area contributed by atoms with Crippen LogP contribution in [0.25, 0.3) is 0 Å². The SMILES string of the molecule is CN1CCN(Cc2noc(C3CCC(=O)N(CC4CCCCC4)C3)n2)CC1. The molecule has 3 heterocycles. The van der Waals surface area contributed by atoms with Crippen molar-refractivity contribution in [2.24, 2.45) is 5.92 Å². The van der Waals surface area contributed by atoms with Crippen LogP contribution in [-0.2, 0) is 11.3 Å². The molecule has 27 heavy (non-hydrogen) atoms. The minimum absolute atomic E-state index is 0.194. The van der Waals surface area contributed by atoms with Crippen LogP contribution >= 0.6 is 0 Å². The highest BCUT2D eigenvalue weighted by Gasteiger charge is 2.32. The molecule has 7 nitrogen and oxygen atoms in total. The lowest BCUT2D eigenvalue weighted by atomic mass is 9.87. The molecule has 0 spiro atoms.